The van der Waals surface area contributed by atoms with Crippen LogP contribution in [-0.2, 0) is 0 Å². The molecule has 0 bridgehead atoms. The number of nitrogens with two attached hydrogens (primary N) is 1. The highest BCUT2D eigenvalue weighted by molar-refractivity contribution is 5.85. The number of hydrogen-bond acceptors (Lipinski definition) is 4. The third-order valence-corrected chi connectivity index (χ3v) is 2.21. The number of rotatable bonds is 2. The Kier molecular flexibility index (Phi) is 4.39. The van der Waals surface area contributed by atoms with E-state index in [1.807, 2.05) is 0 Å². The average Bonchev–Trinajstić information content (AvgIpc) is 2.31. The van der Waals surface area contributed by atoms with Crippen LogP contribution in [0.5, 0.6) is 0 Å². The van der Waals surface area contributed by atoms with Crippen molar-refractivity contribution in [3.05, 3.63) is 0 Å². The molecule has 1 heterocycles. The van der Waals surface area contributed by atoms with Crippen LogP contribution >= 0.6 is 12.4 Å². The summed E-state index contributed by atoms with van der Waals surface area (Å²) in [7, 11) is 0. The minimum absolute atomic E-state index is 0. The van der Waals surface area contributed by atoms with Crippen molar-refractivity contribution in [2.75, 3.05) is 19.8 Å². The molecule has 0 amide bonds. The Labute approximate surface area is 76.4 Å². The average molecular weight is 201 g/mol. The van der Waals surface area contributed by atoms with E-state index < -0.39 is 24.4 Å². The van der Waals surface area contributed by atoms with Crippen LogP contribution in [0.2, 0.25) is 0 Å². The zero-order valence-electron chi connectivity index (χ0n) is 6.55. The van der Waals surface area contributed by atoms with Gasteiger partial charge in [0.1, 0.15) is 18.7 Å². The van der Waals surface area contributed by atoms with Crippen LogP contribution in [0.3, 0.4) is 0 Å². The van der Waals surface area contributed by atoms with Gasteiger partial charge in [-0.2, -0.15) is 0 Å². The topological polar surface area (TPSA) is 97.5 Å². The predicted octanol–water partition coefficient (Wildman–Crippen LogP) is -3.57. The molecule has 6 heteroatoms. The molecule has 0 radical (unpaired) electrons. The van der Waals surface area contributed by atoms with Gasteiger partial charge >= 0.3 is 0 Å². The Morgan fingerprint density at radius 3 is 2.25 bits per heavy atom. The first-order chi connectivity index (χ1) is 5.14. The summed E-state index contributed by atoms with van der Waals surface area (Å²) >= 11 is 0. The lowest BCUT2D eigenvalue weighted by atomic mass is 9.98. The van der Waals surface area contributed by atoms with Crippen molar-refractivity contribution in [2.45, 2.75) is 17.7 Å². The summed E-state index contributed by atoms with van der Waals surface area (Å²) in [4.78, 5) is 0. The fourth-order valence-corrected chi connectivity index (χ4v) is 1.34. The van der Waals surface area contributed by atoms with Crippen molar-refractivity contribution < 1.29 is 25.7 Å². The smallest absolute Gasteiger partial charge is 0.168 e. The van der Waals surface area contributed by atoms with E-state index in [9.17, 15) is 10.2 Å². The first-order valence-electron chi connectivity index (χ1n) is 3.59. The second-order valence-electron chi connectivity index (χ2n) is 2.99. The van der Waals surface area contributed by atoms with Crippen LogP contribution in [0.25, 0.3) is 0 Å². The minimum atomic E-state index is -1.44. The van der Waals surface area contributed by atoms with E-state index in [-0.39, 0.29) is 25.6 Å². The van der Waals surface area contributed by atoms with Gasteiger partial charge in [-0.1, -0.05) is 0 Å². The molecule has 74 valence electrons. The molecule has 12 heavy (non-hydrogen) atoms. The number of aliphatic hydroxyl groups excluding tert-OH is 3. The first kappa shape index (κ1) is 12.1. The quantitative estimate of drug-likeness (QED) is 0.319. The summed E-state index contributed by atoms with van der Waals surface area (Å²) < 4.78 is 0. The van der Waals surface area contributed by atoms with Gasteiger partial charge in [-0.25, -0.2) is 0 Å². The Morgan fingerprint density at radius 1 is 1.42 bits per heavy atom. The van der Waals surface area contributed by atoms with E-state index in [1.54, 1.807) is 5.32 Å². The summed E-state index contributed by atoms with van der Waals surface area (Å²) in [6.45, 7) is -0.430. The van der Waals surface area contributed by atoms with Crippen LogP contribution in [0.15, 0.2) is 0 Å². The molecule has 0 saturated carbocycles. The fourth-order valence-electron chi connectivity index (χ4n) is 1.34. The molecule has 1 aliphatic rings. The van der Waals surface area contributed by atoms with Crippen LogP contribution in [0, 0.1) is 0 Å². The van der Waals surface area contributed by atoms with Crippen molar-refractivity contribution in [1.82, 2.24) is 0 Å². The van der Waals surface area contributed by atoms with Gasteiger partial charge in [0.2, 0.25) is 0 Å². The molecule has 0 spiro atoms. The van der Waals surface area contributed by atoms with Crippen molar-refractivity contribution in [2.24, 2.45) is 0 Å². The number of hydrogen-bond donors (Lipinski definition) is 5. The zero-order valence-corrected chi connectivity index (χ0v) is 7.37. The van der Waals surface area contributed by atoms with Crippen molar-refractivity contribution >= 4 is 12.4 Å². The predicted molar refractivity (Wildman–Crippen MR) is 43.0 cm³/mol. The van der Waals surface area contributed by atoms with Crippen LogP contribution in [-0.4, -0.2) is 57.9 Å². The molecule has 0 aromatic carbocycles. The van der Waals surface area contributed by atoms with Gasteiger partial charge in [-0.3, -0.25) is 0 Å². The second-order valence-corrected chi connectivity index (χ2v) is 2.99. The van der Waals surface area contributed by atoms with E-state index in [0.29, 0.717) is 0 Å². The van der Waals surface area contributed by atoms with Crippen LogP contribution in [0.1, 0.15) is 0 Å². The number of quaternary nitrogens is 1. The summed E-state index contributed by atoms with van der Waals surface area (Å²) in [6.07, 6.45) is -1.04. The van der Waals surface area contributed by atoms with Crippen molar-refractivity contribution in [3.63, 3.8) is 0 Å². The molecule has 5 nitrogen and oxygen atoms in total. The molecular formula is C6H15ClNO4+. The van der Waals surface area contributed by atoms with Gasteiger partial charge in [-0.15, -0.1) is 12.4 Å². The van der Waals surface area contributed by atoms with Crippen molar-refractivity contribution in [1.29, 1.82) is 0 Å². The molecule has 0 aromatic rings. The van der Waals surface area contributed by atoms with Crippen molar-refractivity contribution in [3.8, 4) is 0 Å². The number of aliphatic hydroxyl groups is 4. The SMILES string of the molecule is Cl.OC[C@@H]1[NH2+]C[C@@](O)(CO)[C@@H]1O. The molecule has 1 saturated heterocycles. The van der Waals surface area contributed by atoms with Gasteiger partial charge < -0.3 is 25.7 Å². The van der Waals surface area contributed by atoms with E-state index in [4.69, 9.17) is 10.2 Å². The highest BCUT2D eigenvalue weighted by Crippen LogP contribution is 2.13. The van der Waals surface area contributed by atoms with Crippen LogP contribution < -0.4 is 5.32 Å². The zero-order chi connectivity index (χ0) is 8.48. The van der Waals surface area contributed by atoms with E-state index >= 15 is 0 Å². The maximum atomic E-state index is 9.43. The molecule has 1 aliphatic heterocycles. The lowest BCUT2D eigenvalue weighted by Crippen LogP contribution is -2.89. The third-order valence-electron chi connectivity index (χ3n) is 2.21. The minimum Gasteiger partial charge on any atom is -0.393 e. The molecule has 0 aromatic heterocycles. The van der Waals surface area contributed by atoms with E-state index in [1.165, 1.54) is 0 Å². The van der Waals surface area contributed by atoms with Crippen LogP contribution in [0.4, 0.5) is 0 Å². The van der Waals surface area contributed by atoms with Gasteiger partial charge in [0, 0.05) is 0 Å². The largest absolute Gasteiger partial charge is 0.393 e. The van der Waals surface area contributed by atoms with E-state index in [0.717, 1.165) is 0 Å². The highest BCUT2D eigenvalue weighted by atomic mass is 35.5. The summed E-state index contributed by atoms with van der Waals surface area (Å²) in [5, 5.41) is 37.7. The standard InChI is InChI=1S/C6H13NO4.ClH/c8-1-4-5(10)6(11,3-9)2-7-4;/h4-5,7-11H,1-3H2;1H/p+1/t4-,5+,6+;/m0./s1. The Balaban J connectivity index is 0.00000121. The van der Waals surface area contributed by atoms with Gasteiger partial charge in [0.25, 0.3) is 0 Å². The molecule has 1 fully saturated rings. The van der Waals surface area contributed by atoms with Gasteiger partial charge in [-0.05, 0) is 0 Å². The first-order valence-corrected chi connectivity index (χ1v) is 3.59. The molecule has 1 rings (SSSR count). The molecule has 0 aliphatic carbocycles. The number of halogens is 1. The molecule has 6 N–H and O–H groups in total. The van der Waals surface area contributed by atoms with Gasteiger partial charge in [0.05, 0.1) is 13.2 Å². The van der Waals surface area contributed by atoms with Gasteiger partial charge in [0.15, 0.2) is 5.60 Å². The monoisotopic (exact) mass is 200 g/mol. The molecule has 3 atom stereocenters. The summed E-state index contributed by atoms with van der Waals surface area (Å²) in [5.41, 5.74) is -1.44. The highest BCUT2D eigenvalue weighted by Gasteiger charge is 2.49. The molecular weight excluding hydrogens is 186 g/mol. The molecule has 0 unspecified atom stereocenters. The lowest BCUT2D eigenvalue weighted by molar-refractivity contribution is -0.678. The fraction of sp³-hybridized carbons (Fsp3) is 1.00. The summed E-state index contributed by atoms with van der Waals surface area (Å²) in [5.74, 6) is 0. The maximum Gasteiger partial charge on any atom is 0.168 e. The Morgan fingerprint density at radius 2 is 2.00 bits per heavy atom. The Bertz CT molecular complexity index is 148. The third kappa shape index (κ3) is 1.87. The summed E-state index contributed by atoms with van der Waals surface area (Å²) in [6, 6.07) is -0.410. The maximum absolute atomic E-state index is 9.43. The lowest BCUT2D eigenvalue weighted by Gasteiger charge is -2.20. The van der Waals surface area contributed by atoms with E-state index in [2.05, 4.69) is 0 Å². The normalized spacial score (nSPS) is 41.0. The second kappa shape index (κ2) is 4.36. The Hall–Kier alpha value is 0.0900.